The molecule has 0 radical (unpaired) electrons. The molecule has 8 heteroatoms. The highest BCUT2D eigenvalue weighted by molar-refractivity contribution is 7.89. The maximum Gasteiger partial charge on any atom is 0.261 e. The molecule has 2 rings (SSSR count). The van der Waals surface area contributed by atoms with Crippen molar-refractivity contribution in [1.82, 2.24) is 9.71 Å². The lowest BCUT2D eigenvalue weighted by atomic mass is 10.4. The molecule has 0 aliphatic rings. The van der Waals surface area contributed by atoms with Gasteiger partial charge in [-0.3, -0.25) is 0 Å². The van der Waals surface area contributed by atoms with Gasteiger partial charge < -0.3 is 5.73 Å². The Morgan fingerprint density at radius 2 is 2.19 bits per heavy atom. The predicted molar refractivity (Wildman–Crippen MR) is 78.5 cm³/mol. The van der Waals surface area contributed by atoms with E-state index in [4.69, 9.17) is 5.73 Å². The van der Waals surface area contributed by atoms with Gasteiger partial charge in [0.15, 0.2) is 5.82 Å². The predicted octanol–water partition coefficient (Wildman–Crippen LogP) is 1.07. The molecular weight excluding hydrogens is 313 g/mol. The number of rotatable bonds is 4. The molecule has 0 bridgehead atoms. The van der Waals surface area contributed by atoms with Gasteiger partial charge in [-0.15, -0.1) is 11.3 Å². The molecule has 0 aromatic carbocycles. The Labute approximate surface area is 126 Å². The number of nitrogens with one attached hydrogen (secondary N) is 1. The molecule has 0 spiro atoms. The fourth-order valence-electron chi connectivity index (χ4n) is 1.48. The highest BCUT2D eigenvalue weighted by Gasteiger charge is 2.20. The first-order valence-corrected chi connectivity index (χ1v) is 8.21. The first-order valence-electron chi connectivity index (χ1n) is 5.91. The third kappa shape index (κ3) is 4.09. The van der Waals surface area contributed by atoms with Crippen molar-refractivity contribution in [2.45, 2.75) is 11.6 Å². The third-order valence-electron chi connectivity index (χ3n) is 2.39. The smallest absolute Gasteiger partial charge is 0.261 e. The summed E-state index contributed by atoms with van der Waals surface area (Å²) in [7, 11) is -3.98. The Balaban J connectivity index is 2.09. The van der Waals surface area contributed by atoms with E-state index in [-0.39, 0.29) is 13.1 Å². The molecule has 110 valence electrons. The Bertz CT molecular complexity index is 791. The number of aromatic nitrogens is 1. The van der Waals surface area contributed by atoms with Crippen LogP contribution in [0.5, 0.6) is 0 Å². The summed E-state index contributed by atoms with van der Waals surface area (Å²) in [4.78, 5) is 5.10. The van der Waals surface area contributed by atoms with E-state index in [1.54, 1.807) is 12.1 Å². The Kier molecular flexibility index (Phi) is 5.03. The van der Waals surface area contributed by atoms with Crippen molar-refractivity contribution in [1.29, 1.82) is 0 Å². The van der Waals surface area contributed by atoms with Crippen molar-refractivity contribution in [3.05, 3.63) is 46.0 Å². The molecule has 0 fully saturated rings. The summed E-state index contributed by atoms with van der Waals surface area (Å²) in [5, 5.41) is -0.607. The summed E-state index contributed by atoms with van der Waals surface area (Å²) < 4.78 is 39.7. The van der Waals surface area contributed by atoms with Gasteiger partial charge in [0.2, 0.25) is 5.03 Å². The van der Waals surface area contributed by atoms with Crippen LogP contribution < -0.4 is 10.5 Å². The molecule has 0 amide bonds. The second-order valence-corrected chi connectivity index (χ2v) is 6.74. The van der Waals surface area contributed by atoms with Gasteiger partial charge in [-0.1, -0.05) is 11.8 Å². The third-order valence-corrected chi connectivity index (χ3v) is 4.73. The van der Waals surface area contributed by atoms with Gasteiger partial charge in [-0.2, -0.15) is 0 Å². The van der Waals surface area contributed by atoms with Crippen LogP contribution in [-0.4, -0.2) is 19.9 Å². The SMILES string of the molecule is NCC#Cc1ccc(CNS(=O)(=O)c2ncccc2F)s1. The molecular formula is C13H12FN3O2S2. The zero-order valence-electron chi connectivity index (χ0n) is 10.8. The maximum absolute atomic E-state index is 13.4. The molecule has 0 unspecified atom stereocenters. The number of nitrogens with zero attached hydrogens (tertiary/aromatic N) is 1. The number of halogens is 1. The van der Waals surface area contributed by atoms with Crippen LogP contribution in [0.2, 0.25) is 0 Å². The largest absolute Gasteiger partial charge is 0.320 e. The molecule has 2 heterocycles. The fourth-order valence-corrected chi connectivity index (χ4v) is 3.40. The molecule has 0 saturated carbocycles. The molecule has 5 nitrogen and oxygen atoms in total. The van der Waals surface area contributed by atoms with Gasteiger partial charge in [0.05, 0.1) is 11.4 Å². The van der Waals surface area contributed by atoms with Crippen LogP contribution in [0.15, 0.2) is 35.5 Å². The van der Waals surface area contributed by atoms with E-state index < -0.39 is 20.9 Å². The highest BCUT2D eigenvalue weighted by atomic mass is 32.2. The molecule has 2 aromatic rings. The highest BCUT2D eigenvalue weighted by Crippen LogP contribution is 2.16. The fraction of sp³-hybridized carbons (Fsp3) is 0.154. The van der Waals surface area contributed by atoms with Crippen LogP contribution in [-0.2, 0) is 16.6 Å². The summed E-state index contributed by atoms with van der Waals surface area (Å²) in [6.07, 6.45) is 1.23. The molecule has 0 aliphatic carbocycles. The lowest BCUT2D eigenvalue weighted by molar-refractivity contribution is 0.544. The number of hydrogen-bond donors (Lipinski definition) is 2. The van der Waals surface area contributed by atoms with E-state index in [1.807, 2.05) is 0 Å². The topological polar surface area (TPSA) is 85.1 Å². The van der Waals surface area contributed by atoms with Crippen molar-refractivity contribution in [3.8, 4) is 11.8 Å². The van der Waals surface area contributed by atoms with Crippen LogP contribution in [0.4, 0.5) is 4.39 Å². The van der Waals surface area contributed by atoms with Crippen LogP contribution in [0.25, 0.3) is 0 Å². The number of nitrogens with two attached hydrogens (primary N) is 1. The van der Waals surface area contributed by atoms with E-state index in [9.17, 15) is 12.8 Å². The summed E-state index contributed by atoms with van der Waals surface area (Å²) >= 11 is 1.34. The quantitative estimate of drug-likeness (QED) is 0.824. The summed E-state index contributed by atoms with van der Waals surface area (Å²) in [6, 6.07) is 5.91. The average molecular weight is 325 g/mol. The van der Waals surface area contributed by atoms with Gasteiger partial charge in [0.1, 0.15) is 0 Å². The van der Waals surface area contributed by atoms with Gasteiger partial charge in [-0.25, -0.2) is 22.5 Å². The van der Waals surface area contributed by atoms with Gasteiger partial charge in [-0.05, 0) is 24.3 Å². The summed E-state index contributed by atoms with van der Waals surface area (Å²) in [6.45, 7) is 0.312. The molecule has 0 aliphatic heterocycles. The number of pyridine rings is 1. The Morgan fingerprint density at radius 1 is 1.38 bits per heavy atom. The first kappa shape index (κ1) is 15.6. The maximum atomic E-state index is 13.4. The van der Waals surface area contributed by atoms with E-state index in [0.29, 0.717) is 0 Å². The van der Waals surface area contributed by atoms with Crippen molar-refractivity contribution in [3.63, 3.8) is 0 Å². The lowest BCUT2D eigenvalue weighted by Gasteiger charge is -2.05. The monoisotopic (exact) mass is 325 g/mol. The molecule has 3 N–H and O–H groups in total. The van der Waals surface area contributed by atoms with Crippen LogP contribution in [0.3, 0.4) is 0 Å². The second kappa shape index (κ2) is 6.78. The number of hydrogen-bond acceptors (Lipinski definition) is 5. The van der Waals surface area contributed by atoms with E-state index in [0.717, 1.165) is 15.8 Å². The molecule has 2 aromatic heterocycles. The van der Waals surface area contributed by atoms with E-state index >= 15 is 0 Å². The average Bonchev–Trinajstić information content (AvgIpc) is 2.91. The van der Waals surface area contributed by atoms with Crippen molar-refractivity contribution in [2.75, 3.05) is 6.54 Å². The standard InChI is InChI=1S/C13H12FN3O2S2/c14-12-4-2-8-16-13(12)21(18,19)17-9-11-6-5-10(20-11)3-1-7-15/h2,4-6,8,17H,7,9,15H2. The Hall–Kier alpha value is -1.79. The van der Waals surface area contributed by atoms with E-state index in [1.165, 1.54) is 23.6 Å². The zero-order chi connectivity index (χ0) is 15.3. The minimum absolute atomic E-state index is 0.0489. The number of sulfonamides is 1. The molecule has 0 atom stereocenters. The lowest BCUT2D eigenvalue weighted by Crippen LogP contribution is -2.24. The van der Waals surface area contributed by atoms with Crippen molar-refractivity contribution < 1.29 is 12.8 Å². The Morgan fingerprint density at radius 3 is 2.90 bits per heavy atom. The zero-order valence-corrected chi connectivity index (χ0v) is 12.5. The second-order valence-electron chi connectivity index (χ2n) is 3.89. The normalized spacial score (nSPS) is 11.0. The van der Waals surface area contributed by atoms with Crippen molar-refractivity contribution in [2.24, 2.45) is 5.73 Å². The van der Waals surface area contributed by atoms with E-state index in [2.05, 4.69) is 21.5 Å². The van der Waals surface area contributed by atoms with Crippen LogP contribution in [0, 0.1) is 17.7 Å². The molecule has 21 heavy (non-hydrogen) atoms. The van der Waals surface area contributed by atoms with Gasteiger partial charge in [0, 0.05) is 17.6 Å². The van der Waals surface area contributed by atoms with Crippen LogP contribution in [0.1, 0.15) is 9.75 Å². The summed E-state index contributed by atoms with van der Waals surface area (Å²) in [5.74, 6) is 4.69. The molecule has 0 saturated heterocycles. The van der Waals surface area contributed by atoms with Gasteiger partial charge >= 0.3 is 0 Å². The minimum atomic E-state index is -3.98. The van der Waals surface area contributed by atoms with Crippen molar-refractivity contribution >= 4 is 21.4 Å². The van der Waals surface area contributed by atoms with Gasteiger partial charge in [0.25, 0.3) is 10.0 Å². The van der Waals surface area contributed by atoms with Crippen LogP contribution >= 0.6 is 11.3 Å². The summed E-state index contributed by atoms with van der Waals surface area (Å²) in [5.41, 5.74) is 5.27. The first-order chi connectivity index (χ1) is 10.0. The number of thiophene rings is 1. The minimum Gasteiger partial charge on any atom is -0.320 e.